The summed E-state index contributed by atoms with van der Waals surface area (Å²) in [5.41, 5.74) is 4.18. The molecule has 0 saturated carbocycles. The van der Waals surface area contributed by atoms with Gasteiger partial charge in [0.25, 0.3) is 5.91 Å². The summed E-state index contributed by atoms with van der Waals surface area (Å²) in [6.07, 6.45) is 1.47. The minimum atomic E-state index is -0.248. The second-order valence-corrected chi connectivity index (χ2v) is 9.22. The zero-order valence-corrected chi connectivity index (χ0v) is 17.6. The standard InChI is InChI=1S/C18H15ClN4O2S3/c19-15-7-2-1-5-13(15)10-26-17-22-23-18(28-17)27-11-16(25)21-20-9-12-4-3-6-14(24)8-12/h1-9,24H,10-11H2,(H,21,25)/b20-9+. The SMILES string of the molecule is O=C(CSc1nnc(SCc2ccccc2Cl)s1)N/N=C/c1cccc(O)c1. The summed E-state index contributed by atoms with van der Waals surface area (Å²) in [4.78, 5) is 11.9. The summed E-state index contributed by atoms with van der Waals surface area (Å²) in [5, 5.41) is 22.2. The van der Waals surface area contributed by atoms with E-state index in [1.165, 1.54) is 29.3 Å². The number of aromatic hydroxyl groups is 1. The molecule has 3 aromatic rings. The molecule has 0 aliphatic rings. The van der Waals surface area contributed by atoms with Gasteiger partial charge in [0.05, 0.1) is 12.0 Å². The number of hydrogen-bond acceptors (Lipinski definition) is 8. The summed E-state index contributed by atoms with van der Waals surface area (Å²) in [7, 11) is 0. The molecule has 1 amide bonds. The van der Waals surface area contributed by atoms with E-state index in [9.17, 15) is 9.90 Å². The van der Waals surface area contributed by atoms with Crippen LogP contribution in [0.4, 0.5) is 0 Å². The van der Waals surface area contributed by atoms with Crippen molar-refractivity contribution in [3.63, 3.8) is 0 Å². The fourth-order valence-electron chi connectivity index (χ4n) is 2.01. The van der Waals surface area contributed by atoms with Crippen LogP contribution in [0.2, 0.25) is 5.02 Å². The number of carbonyl (C=O) groups excluding carboxylic acids is 1. The van der Waals surface area contributed by atoms with E-state index in [0.29, 0.717) is 15.7 Å². The minimum absolute atomic E-state index is 0.144. The Morgan fingerprint density at radius 2 is 1.96 bits per heavy atom. The quantitative estimate of drug-likeness (QED) is 0.300. The fourth-order valence-corrected chi connectivity index (χ4v) is 5.11. The first-order chi connectivity index (χ1) is 13.6. The first-order valence-corrected chi connectivity index (χ1v) is 11.2. The molecule has 10 heteroatoms. The number of phenolic OH excluding ortho intramolecular Hbond substituents is 1. The predicted octanol–water partition coefficient (Wildman–Crippen LogP) is 4.43. The first kappa shape index (κ1) is 20.7. The van der Waals surface area contributed by atoms with Crippen LogP contribution in [0.5, 0.6) is 5.75 Å². The summed E-state index contributed by atoms with van der Waals surface area (Å²) < 4.78 is 1.54. The van der Waals surface area contributed by atoms with Crippen LogP contribution in [0.25, 0.3) is 0 Å². The Kier molecular flexibility index (Phi) is 7.72. The number of halogens is 1. The molecule has 0 aliphatic carbocycles. The molecule has 1 heterocycles. The highest BCUT2D eigenvalue weighted by Crippen LogP contribution is 2.32. The van der Waals surface area contributed by atoms with Gasteiger partial charge in [-0.1, -0.05) is 76.8 Å². The lowest BCUT2D eigenvalue weighted by Gasteiger charge is -2.00. The van der Waals surface area contributed by atoms with Gasteiger partial charge in [-0.25, -0.2) is 5.43 Å². The van der Waals surface area contributed by atoms with Crippen molar-refractivity contribution in [2.45, 2.75) is 14.4 Å². The van der Waals surface area contributed by atoms with Crippen molar-refractivity contribution in [1.29, 1.82) is 0 Å². The minimum Gasteiger partial charge on any atom is -0.508 e. The largest absolute Gasteiger partial charge is 0.508 e. The number of nitrogens with zero attached hydrogens (tertiary/aromatic N) is 3. The van der Waals surface area contributed by atoms with E-state index < -0.39 is 0 Å². The van der Waals surface area contributed by atoms with Crippen molar-refractivity contribution in [3.05, 3.63) is 64.7 Å². The van der Waals surface area contributed by atoms with E-state index in [0.717, 1.165) is 14.9 Å². The molecule has 0 spiro atoms. The van der Waals surface area contributed by atoms with Crippen molar-refractivity contribution >= 4 is 58.6 Å². The molecule has 0 aliphatic heterocycles. The number of benzene rings is 2. The van der Waals surface area contributed by atoms with Gasteiger partial charge in [0.2, 0.25) is 0 Å². The number of nitrogens with one attached hydrogen (secondary N) is 1. The molecular formula is C18H15ClN4O2S3. The Morgan fingerprint density at radius 1 is 1.18 bits per heavy atom. The molecule has 0 atom stereocenters. The first-order valence-electron chi connectivity index (χ1n) is 8.03. The average Bonchev–Trinajstić information content (AvgIpc) is 3.14. The van der Waals surface area contributed by atoms with Crippen molar-refractivity contribution in [2.75, 3.05) is 5.75 Å². The smallest absolute Gasteiger partial charge is 0.250 e. The normalized spacial score (nSPS) is 11.0. The van der Waals surface area contributed by atoms with Crippen molar-refractivity contribution in [1.82, 2.24) is 15.6 Å². The maximum absolute atomic E-state index is 11.9. The van der Waals surface area contributed by atoms with Gasteiger partial charge < -0.3 is 5.11 Å². The highest BCUT2D eigenvalue weighted by atomic mass is 35.5. The number of amides is 1. The van der Waals surface area contributed by atoms with E-state index in [1.807, 2.05) is 24.3 Å². The van der Waals surface area contributed by atoms with Gasteiger partial charge in [0, 0.05) is 10.8 Å². The Balaban J connectivity index is 1.42. The fraction of sp³-hybridized carbons (Fsp3) is 0.111. The molecule has 1 aromatic heterocycles. The van der Waals surface area contributed by atoms with E-state index in [-0.39, 0.29) is 17.4 Å². The molecule has 3 rings (SSSR count). The van der Waals surface area contributed by atoms with Gasteiger partial charge in [-0.2, -0.15) is 5.10 Å². The molecular weight excluding hydrogens is 436 g/mol. The number of rotatable bonds is 8. The summed E-state index contributed by atoms with van der Waals surface area (Å²) in [6.45, 7) is 0. The number of carbonyl (C=O) groups is 1. The molecule has 0 bridgehead atoms. The van der Waals surface area contributed by atoms with E-state index in [1.54, 1.807) is 36.0 Å². The van der Waals surface area contributed by atoms with Crippen LogP contribution in [0.1, 0.15) is 11.1 Å². The molecule has 0 radical (unpaired) electrons. The monoisotopic (exact) mass is 450 g/mol. The molecule has 2 aromatic carbocycles. The van der Waals surface area contributed by atoms with Crippen LogP contribution in [0.15, 0.2) is 62.3 Å². The molecule has 6 nitrogen and oxygen atoms in total. The van der Waals surface area contributed by atoms with Crippen LogP contribution in [-0.2, 0) is 10.5 Å². The summed E-state index contributed by atoms with van der Waals surface area (Å²) in [6, 6.07) is 14.3. The Bertz CT molecular complexity index is 981. The van der Waals surface area contributed by atoms with Gasteiger partial charge in [-0.15, -0.1) is 10.2 Å². The highest BCUT2D eigenvalue weighted by molar-refractivity contribution is 8.03. The Labute approximate surface area is 179 Å². The number of aromatic nitrogens is 2. The van der Waals surface area contributed by atoms with Crippen molar-refractivity contribution in [2.24, 2.45) is 5.10 Å². The Hall–Kier alpha value is -2.07. The maximum atomic E-state index is 11.9. The number of phenols is 1. The molecule has 2 N–H and O–H groups in total. The maximum Gasteiger partial charge on any atom is 0.250 e. The predicted molar refractivity (Wildman–Crippen MR) is 115 cm³/mol. The molecule has 28 heavy (non-hydrogen) atoms. The lowest BCUT2D eigenvalue weighted by atomic mass is 10.2. The summed E-state index contributed by atoms with van der Waals surface area (Å²) >= 11 is 10.4. The number of hydrazone groups is 1. The second kappa shape index (κ2) is 10.5. The number of hydrogen-bond donors (Lipinski definition) is 2. The van der Waals surface area contributed by atoms with Crippen molar-refractivity contribution in [3.8, 4) is 5.75 Å². The van der Waals surface area contributed by atoms with Crippen LogP contribution >= 0.6 is 46.5 Å². The lowest BCUT2D eigenvalue weighted by molar-refractivity contribution is -0.118. The molecule has 144 valence electrons. The van der Waals surface area contributed by atoms with Gasteiger partial charge in [-0.3, -0.25) is 4.79 Å². The molecule has 0 unspecified atom stereocenters. The third kappa shape index (κ3) is 6.52. The van der Waals surface area contributed by atoms with Crippen molar-refractivity contribution < 1.29 is 9.90 Å². The van der Waals surface area contributed by atoms with Crippen LogP contribution < -0.4 is 5.43 Å². The lowest BCUT2D eigenvalue weighted by Crippen LogP contribution is -2.19. The molecule has 0 fully saturated rings. The zero-order chi connectivity index (χ0) is 19.8. The van der Waals surface area contributed by atoms with Gasteiger partial charge in [0.15, 0.2) is 8.68 Å². The Morgan fingerprint density at radius 3 is 2.75 bits per heavy atom. The number of thioether (sulfide) groups is 2. The van der Waals surface area contributed by atoms with E-state index >= 15 is 0 Å². The van der Waals surface area contributed by atoms with Gasteiger partial charge in [0.1, 0.15) is 5.75 Å². The summed E-state index contributed by atoms with van der Waals surface area (Å²) in [5.74, 6) is 0.789. The average molecular weight is 451 g/mol. The van der Waals surface area contributed by atoms with E-state index in [4.69, 9.17) is 11.6 Å². The highest BCUT2D eigenvalue weighted by Gasteiger charge is 2.09. The van der Waals surface area contributed by atoms with Gasteiger partial charge >= 0.3 is 0 Å². The van der Waals surface area contributed by atoms with Crippen LogP contribution in [0.3, 0.4) is 0 Å². The van der Waals surface area contributed by atoms with Gasteiger partial charge in [-0.05, 0) is 29.3 Å². The topological polar surface area (TPSA) is 87.5 Å². The third-order valence-corrected chi connectivity index (χ3v) is 6.90. The third-order valence-electron chi connectivity index (χ3n) is 3.30. The van der Waals surface area contributed by atoms with Crippen LogP contribution in [-0.4, -0.2) is 33.2 Å². The molecule has 0 saturated heterocycles. The van der Waals surface area contributed by atoms with E-state index in [2.05, 4.69) is 20.7 Å². The zero-order valence-electron chi connectivity index (χ0n) is 14.4. The van der Waals surface area contributed by atoms with Crippen LogP contribution in [0, 0.1) is 0 Å². The second-order valence-electron chi connectivity index (χ2n) is 5.39.